The van der Waals surface area contributed by atoms with Crippen molar-refractivity contribution in [3.8, 4) is 0 Å². The van der Waals surface area contributed by atoms with E-state index >= 15 is 0 Å². The lowest BCUT2D eigenvalue weighted by atomic mass is 10.1. The molecule has 0 radical (unpaired) electrons. The average Bonchev–Trinajstić information content (AvgIpc) is 2.92. The molecule has 1 N–H and O–H groups in total. The molecule has 2 rings (SSSR count). The van der Waals surface area contributed by atoms with Gasteiger partial charge in [0, 0.05) is 29.1 Å². The van der Waals surface area contributed by atoms with Gasteiger partial charge >= 0.3 is 0 Å². The zero-order valence-corrected chi connectivity index (χ0v) is 12.5. The maximum atomic E-state index is 12.0. The third-order valence-corrected chi connectivity index (χ3v) is 4.19. The van der Waals surface area contributed by atoms with Crippen LogP contribution >= 0.6 is 34.5 Å². The fourth-order valence-electron chi connectivity index (χ4n) is 1.58. The number of thiazole rings is 1. The number of carbonyl (C=O) groups excluding carboxylic acids is 1. The number of hydrogen-bond acceptors (Lipinski definition) is 3. The monoisotopic (exact) mass is 314 g/mol. The molecule has 6 heteroatoms. The maximum Gasteiger partial charge on any atom is 0.252 e. The normalized spacial score (nSPS) is 12.2. The summed E-state index contributed by atoms with van der Waals surface area (Å²) >= 11 is 13.4. The third kappa shape index (κ3) is 3.69. The van der Waals surface area contributed by atoms with Crippen LogP contribution in [0.4, 0.5) is 0 Å². The number of benzene rings is 1. The quantitative estimate of drug-likeness (QED) is 0.927. The number of halogens is 2. The van der Waals surface area contributed by atoms with Gasteiger partial charge in [-0.3, -0.25) is 4.79 Å². The van der Waals surface area contributed by atoms with Gasteiger partial charge in [-0.1, -0.05) is 30.1 Å². The molecule has 0 saturated carbocycles. The van der Waals surface area contributed by atoms with Crippen LogP contribution in [0.5, 0.6) is 0 Å². The Morgan fingerprint density at radius 1 is 1.47 bits per heavy atom. The van der Waals surface area contributed by atoms with Crippen molar-refractivity contribution in [1.82, 2.24) is 10.3 Å². The van der Waals surface area contributed by atoms with Gasteiger partial charge in [0.25, 0.3) is 5.91 Å². The van der Waals surface area contributed by atoms with Crippen LogP contribution in [-0.2, 0) is 0 Å². The molecule has 1 aromatic carbocycles. The summed E-state index contributed by atoms with van der Waals surface area (Å²) in [5, 5.41) is 6.64. The van der Waals surface area contributed by atoms with Crippen molar-refractivity contribution in [2.75, 3.05) is 6.54 Å². The highest BCUT2D eigenvalue weighted by Crippen LogP contribution is 2.21. The van der Waals surface area contributed by atoms with Gasteiger partial charge in [-0.15, -0.1) is 11.3 Å². The smallest absolute Gasteiger partial charge is 0.252 e. The van der Waals surface area contributed by atoms with Crippen LogP contribution in [-0.4, -0.2) is 17.4 Å². The van der Waals surface area contributed by atoms with E-state index in [9.17, 15) is 4.79 Å². The molecular weight excluding hydrogens is 303 g/mol. The van der Waals surface area contributed by atoms with E-state index in [1.165, 1.54) is 0 Å². The third-order valence-electron chi connectivity index (χ3n) is 2.61. The Labute approximate surface area is 125 Å². The van der Waals surface area contributed by atoms with Gasteiger partial charge in [0.2, 0.25) is 0 Å². The van der Waals surface area contributed by atoms with E-state index in [1.54, 1.807) is 35.7 Å². The van der Waals surface area contributed by atoms with E-state index in [-0.39, 0.29) is 11.8 Å². The fraction of sp³-hybridized carbons (Fsp3) is 0.231. The summed E-state index contributed by atoms with van der Waals surface area (Å²) in [4.78, 5) is 16.2. The van der Waals surface area contributed by atoms with E-state index in [4.69, 9.17) is 23.2 Å². The van der Waals surface area contributed by atoms with Crippen LogP contribution in [0.15, 0.2) is 29.8 Å². The molecule has 19 heavy (non-hydrogen) atoms. The molecule has 0 aliphatic rings. The van der Waals surface area contributed by atoms with Gasteiger partial charge in [0.05, 0.1) is 15.6 Å². The van der Waals surface area contributed by atoms with Crippen molar-refractivity contribution >= 4 is 40.4 Å². The minimum Gasteiger partial charge on any atom is -0.351 e. The van der Waals surface area contributed by atoms with Crippen molar-refractivity contribution in [1.29, 1.82) is 0 Å². The lowest BCUT2D eigenvalue weighted by Gasteiger charge is -2.11. The van der Waals surface area contributed by atoms with Gasteiger partial charge in [-0.2, -0.15) is 0 Å². The lowest BCUT2D eigenvalue weighted by molar-refractivity contribution is 0.0952. The van der Waals surface area contributed by atoms with Crippen LogP contribution in [0.25, 0.3) is 0 Å². The molecule has 2 aromatic rings. The van der Waals surface area contributed by atoms with E-state index in [2.05, 4.69) is 10.3 Å². The van der Waals surface area contributed by atoms with Gasteiger partial charge < -0.3 is 5.32 Å². The van der Waals surface area contributed by atoms with E-state index in [1.807, 2.05) is 12.3 Å². The molecule has 0 aliphatic heterocycles. The van der Waals surface area contributed by atoms with E-state index in [0.29, 0.717) is 22.2 Å². The van der Waals surface area contributed by atoms with Crippen LogP contribution in [0.1, 0.15) is 28.2 Å². The van der Waals surface area contributed by atoms with Crippen molar-refractivity contribution in [2.24, 2.45) is 0 Å². The van der Waals surface area contributed by atoms with Crippen LogP contribution < -0.4 is 5.32 Å². The first kappa shape index (κ1) is 14.3. The van der Waals surface area contributed by atoms with Crippen molar-refractivity contribution in [2.45, 2.75) is 12.8 Å². The molecule has 1 amide bonds. The average molecular weight is 315 g/mol. The Morgan fingerprint density at radius 3 is 2.95 bits per heavy atom. The Balaban J connectivity index is 2.00. The zero-order valence-electron chi connectivity index (χ0n) is 10.2. The SMILES string of the molecule is CC(CNC(=O)c1cc(Cl)ccc1Cl)c1nccs1. The summed E-state index contributed by atoms with van der Waals surface area (Å²) < 4.78 is 0. The lowest BCUT2D eigenvalue weighted by Crippen LogP contribution is -2.27. The van der Waals surface area contributed by atoms with Crippen molar-refractivity contribution < 1.29 is 4.79 Å². The Kier molecular flexibility index (Phi) is 4.80. The Morgan fingerprint density at radius 2 is 2.26 bits per heavy atom. The molecule has 100 valence electrons. The molecule has 1 heterocycles. The highest BCUT2D eigenvalue weighted by molar-refractivity contribution is 7.09. The fourth-order valence-corrected chi connectivity index (χ4v) is 2.65. The highest BCUT2D eigenvalue weighted by atomic mass is 35.5. The summed E-state index contributed by atoms with van der Waals surface area (Å²) in [7, 11) is 0. The molecule has 0 saturated heterocycles. The predicted octanol–water partition coefficient (Wildman–Crippen LogP) is 3.98. The molecular formula is C13H12Cl2N2OS. The molecule has 1 atom stereocenters. The Bertz CT molecular complexity index is 572. The van der Waals surface area contributed by atoms with E-state index in [0.717, 1.165) is 5.01 Å². The topological polar surface area (TPSA) is 42.0 Å². The summed E-state index contributed by atoms with van der Waals surface area (Å²) in [5.41, 5.74) is 0.389. The van der Waals surface area contributed by atoms with Crippen LogP contribution in [0, 0.1) is 0 Å². The second-order valence-corrected chi connectivity index (χ2v) is 5.88. The minimum atomic E-state index is -0.226. The van der Waals surface area contributed by atoms with Crippen molar-refractivity contribution in [3.05, 3.63) is 50.4 Å². The van der Waals surface area contributed by atoms with Crippen LogP contribution in [0.3, 0.4) is 0 Å². The summed E-state index contributed by atoms with van der Waals surface area (Å²) in [6.07, 6.45) is 1.76. The maximum absolute atomic E-state index is 12.0. The number of amides is 1. The highest BCUT2D eigenvalue weighted by Gasteiger charge is 2.13. The molecule has 3 nitrogen and oxygen atoms in total. The van der Waals surface area contributed by atoms with Gasteiger partial charge in [0.15, 0.2) is 0 Å². The van der Waals surface area contributed by atoms with Crippen molar-refractivity contribution in [3.63, 3.8) is 0 Å². The first-order valence-corrected chi connectivity index (χ1v) is 7.34. The summed E-state index contributed by atoms with van der Waals surface area (Å²) in [6, 6.07) is 4.83. The van der Waals surface area contributed by atoms with Gasteiger partial charge in [-0.25, -0.2) is 4.98 Å². The zero-order chi connectivity index (χ0) is 13.8. The molecule has 0 fully saturated rings. The molecule has 0 spiro atoms. The summed E-state index contributed by atoms with van der Waals surface area (Å²) in [5.74, 6) is -0.0576. The number of nitrogens with one attached hydrogen (secondary N) is 1. The molecule has 0 aliphatic carbocycles. The minimum absolute atomic E-state index is 0.168. The number of nitrogens with zero attached hydrogens (tertiary/aromatic N) is 1. The molecule has 1 aromatic heterocycles. The molecule has 0 bridgehead atoms. The molecule has 1 unspecified atom stereocenters. The number of hydrogen-bond donors (Lipinski definition) is 1. The Hall–Kier alpha value is -1.10. The first-order valence-electron chi connectivity index (χ1n) is 5.70. The number of rotatable bonds is 4. The van der Waals surface area contributed by atoms with Gasteiger partial charge in [0.1, 0.15) is 0 Å². The standard InChI is InChI=1S/C13H12Cl2N2OS/c1-8(13-16-4-5-19-13)7-17-12(18)10-6-9(14)2-3-11(10)15/h2-6,8H,7H2,1H3,(H,17,18). The second kappa shape index (κ2) is 6.37. The van der Waals surface area contributed by atoms with E-state index < -0.39 is 0 Å². The predicted molar refractivity (Wildman–Crippen MR) is 79.3 cm³/mol. The second-order valence-electron chi connectivity index (χ2n) is 4.11. The van der Waals surface area contributed by atoms with Crippen LogP contribution in [0.2, 0.25) is 10.0 Å². The summed E-state index contributed by atoms with van der Waals surface area (Å²) in [6.45, 7) is 2.52. The largest absolute Gasteiger partial charge is 0.351 e. The first-order chi connectivity index (χ1) is 9.08. The van der Waals surface area contributed by atoms with Gasteiger partial charge in [-0.05, 0) is 18.2 Å². The number of aromatic nitrogens is 1. The number of carbonyl (C=O) groups is 1.